The van der Waals surface area contributed by atoms with E-state index in [1.54, 1.807) is 0 Å². The quantitative estimate of drug-likeness (QED) is 0.661. The van der Waals surface area contributed by atoms with Gasteiger partial charge in [0.15, 0.2) is 0 Å². The number of hydrogen-bond donors (Lipinski definition) is 0. The molecule has 16 heavy (non-hydrogen) atoms. The molecule has 0 radical (unpaired) electrons. The standard InChI is InChI=1S/C14H17NO/c16-12-6-7-14(10-11(14)9-12)13-5-3-1-2-4-8-15-13/h1-2,4,8,11H,3,5-7,9-10H2/b2-1-,8-4-,15-13?. The fourth-order valence-corrected chi connectivity index (χ4v) is 3.21. The van der Waals surface area contributed by atoms with Gasteiger partial charge < -0.3 is 0 Å². The third-order valence-electron chi connectivity index (χ3n) is 4.24. The first-order valence-corrected chi connectivity index (χ1v) is 6.22. The fraction of sp³-hybridized carbons (Fsp3) is 0.571. The third kappa shape index (κ3) is 1.57. The Balaban J connectivity index is 1.81. The summed E-state index contributed by atoms with van der Waals surface area (Å²) in [5.74, 6) is 1.07. The minimum Gasteiger partial charge on any atom is -0.300 e. The van der Waals surface area contributed by atoms with Crippen molar-refractivity contribution in [2.75, 3.05) is 0 Å². The van der Waals surface area contributed by atoms with E-state index in [9.17, 15) is 4.79 Å². The molecule has 2 aliphatic carbocycles. The second-order valence-corrected chi connectivity index (χ2v) is 5.18. The molecule has 0 aromatic rings. The Labute approximate surface area is 96.1 Å². The predicted molar refractivity (Wildman–Crippen MR) is 64.3 cm³/mol. The van der Waals surface area contributed by atoms with Crippen molar-refractivity contribution in [3.8, 4) is 0 Å². The third-order valence-corrected chi connectivity index (χ3v) is 4.24. The molecule has 2 nitrogen and oxygen atoms in total. The van der Waals surface area contributed by atoms with Crippen LogP contribution in [0.2, 0.25) is 0 Å². The normalized spacial score (nSPS) is 41.4. The van der Waals surface area contributed by atoms with Gasteiger partial charge in [-0.25, -0.2) is 0 Å². The minimum absolute atomic E-state index is 0.323. The van der Waals surface area contributed by atoms with Gasteiger partial charge >= 0.3 is 0 Å². The summed E-state index contributed by atoms with van der Waals surface area (Å²) < 4.78 is 0. The van der Waals surface area contributed by atoms with Crippen LogP contribution in [0.25, 0.3) is 0 Å². The first-order chi connectivity index (χ1) is 7.81. The summed E-state index contributed by atoms with van der Waals surface area (Å²) in [5.41, 5.74) is 1.68. The molecule has 0 N–H and O–H groups in total. The van der Waals surface area contributed by atoms with Crippen LogP contribution in [0, 0.1) is 11.3 Å². The van der Waals surface area contributed by atoms with Crippen LogP contribution in [0.5, 0.6) is 0 Å². The van der Waals surface area contributed by atoms with Gasteiger partial charge in [0.2, 0.25) is 0 Å². The summed E-state index contributed by atoms with van der Waals surface area (Å²) in [5, 5.41) is 0. The molecule has 3 aliphatic rings. The molecule has 0 saturated heterocycles. The van der Waals surface area contributed by atoms with Crippen LogP contribution < -0.4 is 0 Å². The molecule has 0 aromatic heterocycles. The summed E-state index contributed by atoms with van der Waals surface area (Å²) in [4.78, 5) is 16.0. The summed E-state index contributed by atoms with van der Waals surface area (Å²) in [6.07, 6.45) is 14.2. The molecule has 3 rings (SSSR count). The Morgan fingerprint density at radius 2 is 2.25 bits per heavy atom. The zero-order valence-corrected chi connectivity index (χ0v) is 9.48. The van der Waals surface area contributed by atoms with Crippen molar-refractivity contribution in [1.29, 1.82) is 0 Å². The Morgan fingerprint density at radius 1 is 1.31 bits per heavy atom. The second kappa shape index (κ2) is 3.69. The number of nitrogens with zero attached hydrogens (tertiary/aromatic N) is 1. The molecular formula is C14H17NO. The summed E-state index contributed by atoms with van der Waals surface area (Å²) in [6.45, 7) is 0. The first-order valence-electron chi connectivity index (χ1n) is 6.22. The summed E-state index contributed by atoms with van der Waals surface area (Å²) >= 11 is 0. The van der Waals surface area contributed by atoms with E-state index in [0.717, 1.165) is 32.1 Å². The van der Waals surface area contributed by atoms with Gasteiger partial charge in [-0.15, -0.1) is 0 Å². The van der Waals surface area contributed by atoms with Gasteiger partial charge in [-0.2, -0.15) is 0 Å². The summed E-state index contributed by atoms with van der Waals surface area (Å²) in [6, 6.07) is 0. The fourth-order valence-electron chi connectivity index (χ4n) is 3.21. The molecule has 0 amide bonds. The monoisotopic (exact) mass is 215 g/mol. The number of hydrogen-bond acceptors (Lipinski definition) is 2. The van der Waals surface area contributed by atoms with Crippen LogP contribution in [-0.4, -0.2) is 11.5 Å². The average molecular weight is 215 g/mol. The van der Waals surface area contributed by atoms with Crippen molar-refractivity contribution < 1.29 is 4.79 Å². The number of Topliss-reactive ketones (excluding diaryl/α,β-unsaturated/α-hetero) is 1. The van der Waals surface area contributed by atoms with Gasteiger partial charge in [-0.1, -0.05) is 12.2 Å². The van der Waals surface area contributed by atoms with Gasteiger partial charge in [0.1, 0.15) is 5.78 Å². The molecule has 2 saturated carbocycles. The summed E-state index contributed by atoms with van der Waals surface area (Å²) in [7, 11) is 0. The Bertz CT molecular complexity index is 405. The molecule has 2 unspecified atom stereocenters. The highest BCUT2D eigenvalue weighted by Gasteiger charge is 2.59. The number of ketones is 1. The van der Waals surface area contributed by atoms with Crippen molar-refractivity contribution >= 4 is 11.5 Å². The van der Waals surface area contributed by atoms with Crippen LogP contribution in [0.1, 0.15) is 38.5 Å². The molecule has 0 bridgehead atoms. The molecule has 1 heterocycles. The van der Waals surface area contributed by atoms with Crippen LogP contribution in [-0.2, 0) is 4.79 Å². The molecule has 84 valence electrons. The lowest BCUT2D eigenvalue weighted by atomic mass is 9.82. The van der Waals surface area contributed by atoms with Gasteiger partial charge in [-0.3, -0.25) is 9.79 Å². The van der Waals surface area contributed by atoms with Crippen molar-refractivity contribution in [3.05, 3.63) is 24.4 Å². The topological polar surface area (TPSA) is 29.4 Å². The van der Waals surface area contributed by atoms with E-state index in [1.807, 2.05) is 12.3 Å². The lowest BCUT2D eigenvalue weighted by Gasteiger charge is -2.23. The zero-order chi connectivity index (χ0) is 11.0. The maximum atomic E-state index is 11.4. The number of carbonyl (C=O) groups is 1. The number of rotatable bonds is 1. The van der Waals surface area contributed by atoms with E-state index in [0.29, 0.717) is 17.1 Å². The van der Waals surface area contributed by atoms with E-state index in [-0.39, 0.29) is 0 Å². The van der Waals surface area contributed by atoms with Gasteiger partial charge in [0.05, 0.1) is 0 Å². The molecule has 0 aromatic carbocycles. The first kappa shape index (κ1) is 10.0. The average Bonchev–Trinajstić information content (AvgIpc) is 2.91. The van der Waals surface area contributed by atoms with E-state index in [1.165, 1.54) is 12.1 Å². The van der Waals surface area contributed by atoms with E-state index in [2.05, 4.69) is 17.1 Å². The van der Waals surface area contributed by atoms with Crippen molar-refractivity contribution in [2.45, 2.75) is 38.5 Å². The molecule has 2 fully saturated rings. The van der Waals surface area contributed by atoms with Gasteiger partial charge in [0, 0.05) is 30.2 Å². The highest BCUT2D eigenvalue weighted by atomic mass is 16.1. The van der Waals surface area contributed by atoms with Crippen molar-refractivity contribution in [1.82, 2.24) is 0 Å². The SMILES string of the molecule is O=C1CCC2(C3=N/C=C\C=C/CC3)CC2C1. The van der Waals surface area contributed by atoms with Crippen LogP contribution in [0.15, 0.2) is 29.4 Å². The molecule has 2 heteroatoms. The van der Waals surface area contributed by atoms with E-state index >= 15 is 0 Å². The molecule has 0 spiro atoms. The lowest BCUT2D eigenvalue weighted by molar-refractivity contribution is -0.120. The number of fused-ring (bicyclic) bond motifs is 1. The van der Waals surface area contributed by atoms with E-state index in [4.69, 9.17) is 0 Å². The molecule has 1 aliphatic heterocycles. The van der Waals surface area contributed by atoms with Crippen LogP contribution in [0.3, 0.4) is 0 Å². The Morgan fingerprint density at radius 3 is 3.12 bits per heavy atom. The Hall–Kier alpha value is -1.18. The van der Waals surface area contributed by atoms with E-state index < -0.39 is 0 Å². The minimum atomic E-state index is 0.323. The van der Waals surface area contributed by atoms with Crippen LogP contribution in [0.4, 0.5) is 0 Å². The van der Waals surface area contributed by atoms with Crippen molar-refractivity contribution in [2.24, 2.45) is 16.3 Å². The van der Waals surface area contributed by atoms with Crippen LogP contribution >= 0.6 is 0 Å². The molecular weight excluding hydrogens is 198 g/mol. The smallest absolute Gasteiger partial charge is 0.133 e. The number of carbonyl (C=O) groups excluding carboxylic acids is 1. The lowest BCUT2D eigenvalue weighted by Crippen LogP contribution is -2.24. The number of aliphatic imine (C=N–C) groups is 1. The molecule has 2 atom stereocenters. The zero-order valence-electron chi connectivity index (χ0n) is 9.48. The number of allylic oxidation sites excluding steroid dienone is 3. The highest BCUT2D eigenvalue weighted by molar-refractivity contribution is 5.96. The van der Waals surface area contributed by atoms with Gasteiger partial charge in [0.25, 0.3) is 0 Å². The maximum Gasteiger partial charge on any atom is 0.133 e. The Kier molecular flexibility index (Phi) is 2.31. The second-order valence-electron chi connectivity index (χ2n) is 5.18. The highest BCUT2D eigenvalue weighted by Crippen LogP contribution is 2.62. The predicted octanol–water partition coefficient (Wildman–Crippen LogP) is 3.05. The van der Waals surface area contributed by atoms with Crippen molar-refractivity contribution in [3.63, 3.8) is 0 Å². The maximum absolute atomic E-state index is 11.4. The largest absolute Gasteiger partial charge is 0.300 e. The van der Waals surface area contributed by atoms with Gasteiger partial charge in [-0.05, 0) is 37.7 Å².